The van der Waals surface area contributed by atoms with Gasteiger partial charge in [0.15, 0.2) is 0 Å². The van der Waals surface area contributed by atoms with Crippen molar-refractivity contribution in [3.05, 3.63) is 0 Å². The van der Waals surface area contributed by atoms with Gasteiger partial charge in [-0.25, -0.2) is 4.79 Å². The summed E-state index contributed by atoms with van der Waals surface area (Å²) in [5, 5.41) is 16.5. The van der Waals surface area contributed by atoms with Crippen molar-refractivity contribution in [3.63, 3.8) is 0 Å². The number of thiol groups is 1. The normalized spacial score (nSPS) is 15.1. The second-order valence-corrected chi connectivity index (χ2v) is 8.15. The van der Waals surface area contributed by atoms with E-state index >= 15 is 0 Å². The first-order chi connectivity index (χ1) is 13.8. The number of aliphatic carboxylic acids is 1. The van der Waals surface area contributed by atoms with Crippen LogP contribution in [0.15, 0.2) is 0 Å². The number of nitrogens with two attached hydrogens (primary N) is 2. The van der Waals surface area contributed by atoms with Crippen LogP contribution in [0.25, 0.3) is 0 Å². The molecule has 0 aliphatic carbocycles. The van der Waals surface area contributed by atoms with E-state index in [1.165, 1.54) is 0 Å². The largest absolute Gasteiger partial charge is 0.480 e. The fourth-order valence-electron chi connectivity index (χ4n) is 2.51. The maximum atomic E-state index is 12.7. The van der Waals surface area contributed by atoms with Gasteiger partial charge in [-0.1, -0.05) is 27.7 Å². The topological polar surface area (TPSA) is 194 Å². The van der Waals surface area contributed by atoms with E-state index in [9.17, 15) is 29.1 Å². The smallest absolute Gasteiger partial charge is 0.326 e. The Morgan fingerprint density at radius 1 is 0.900 bits per heavy atom. The minimum Gasteiger partial charge on any atom is -0.480 e. The van der Waals surface area contributed by atoms with E-state index in [0.717, 1.165) is 0 Å². The Hall–Kier alpha value is -2.34. The number of carboxylic acid groups (broad SMARTS) is 1. The number of carboxylic acids is 1. The molecule has 4 atom stereocenters. The lowest BCUT2D eigenvalue weighted by molar-refractivity contribution is -0.143. The van der Waals surface area contributed by atoms with Gasteiger partial charge in [0.25, 0.3) is 0 Å². The van der Waals surface area contributed by atoms with Crippen molar-refractivity contribution in [3.8, 4) is 0 Å². The summed E-state index contributed by atoms with van der Waals surface area (Å²) in [7, 11) is 0. The van der Waals surface area contributed by atoms with Crippen LogP contribution >= 0.6 is 12.6 Å². The molecule has 8 N–H and O–H groups in total. The SMILES string of the molecule is CC(C)CC(NC(=O)C(CC(N)=O)NC(=O)C(N)CS)C(=O)NC(C(=O)O)C(C)C. The second kappa shape index (κ2) is 13.1. The predicted octanol–water partition coefficient (Wildman–Crippen LogP) is -1.64. The van der Waals surface area contributed by atoms with Crippen molar-refractivity contribution in [2.45, 2.75) is 64.7 Å². The van der Waals surface area contributed by atoms with Gasteiger partial charge in [-0.3, -0.25) is 19.2 Å². The predicted molar refractivity (Wildman–Crippen MR) is 113 cm³/mol. The first-order valence-corrected chi connectivity index (χ1v) is 10.2. The minimum absolute atomic E-state index is 0.0148. The summed E-state index contributed by atoms with van der Waals surface area (Å²) < 4.78 is 0. The van der Waals surface area contributed by atoms with Gasteiger partial charge < -0.3 is 32.5 Å². The molecule has 12 heteroatoms. The van der Waals surface area contributed by atoms with Crippen LogP contribution in [-0.2, 0) is 24.0 Å². The highest BCUT2D eigenvalue weighted by Gasteiger charge is 2.32. The highest BCUT2D eigenvalue weighted by molar-refractivity contribution is 7.80. The van der Waals surface area contributed by atoms with Crippen LogP contribution in [0.1, 0.15) is 40.5 Å². The summed E-state index contributed by atoms with van der Waals surface area (Å²) in [6.45, 7) is 6.91. The van der Waals surface area contributed by atoms with Crippen LogP contribution in [0.4, 0.5) is 0 Å². The molecule has 0 spiro atoms. The number of amides is 4. The average molecular weight is 448 g/mol. The lowest BCUT2D eigenvalue weighted by Crippen LogP contribution is -2.58. The summed E-state index contributed by atoms with van der Waals surface area (Å²) in [6, 6.07) is -4.57. The zero-order valence-electron chi connectivity index (χ0n) is 17.7. The fourth-order valence-corrected chi connectivity index (χ4v) is 2.68. The number of primary amides is 1. The van der Waals surface area contributed by atoms with E-state index < -0.39 is 60.2 Å². The van der Waals surface area contributed by atoms with Gasteiger partial charge >= 0.3 is 5.97 Å². The Bertz CT molecular complexity index is 643. The molecular formula is C18H33N5O6S. The Morgan fingerprint density at radius 3 is 1.80 bits per heavy atom. The molecule has 11 nitrogen and oxygen atoms in total. The molecule has 4 unspecified atom stereocenters. The molecule has 0 aliphatic heterocycles. The average Bonchev–Trinajstić information content (AvgIpc) is 2.62. The summed E-state index contributed by atoms with van der Waals surface area (Å²) >= 11 is 3.90. The third-order valence-electron chi connectivity index (χ3n) is 4.14. The highest BCUT2D eigenvalue weighted by Crippen LogP contribution is 2.09. The van der Waals surface area contributed by atoms with Crippen molar-refractivity contribution < 1.29 is 29.1 Å². The van der Waals surface area contributed by atoms with Gasteiger partial charge in [0, 0.05) is 5.75 Å². The van der Waals surface area contributed by atoms with E-state index in [-0.39, 0.29) is 24.0 Å². The molecule has 172 valence electrons. The van der Waals surface area contributed by atoms with Crippen LogP contribution in [0, 0.1) is 11.8 Å². The standard InChI is InChI=1S/C18H33N5O6S/c1-8(2)5-11(17(27)23-14(9(3)4)18(28)29)22-16(26)12(6-13(20)24)21-15(25)10(19)7-30/h8-12,14,30H,5-7,19H2,1-4H3,(H2,20,24)(H,21,25)(H,22,26)(H,23,27)(H,28,29). The third-order valence-corrected chi connectivity index (χ3v) is 4.54. The van der Waals surface area contributed by atoms with Gasteiger partial charge in [0.1, 0.15) is 18.1 Å². The van der Waals surface area contributed by atoms with Gasteiger partial charge in [-0.15, -0.1) is 0 Å². The number of hydrogen-bond donors (Lipinski definition) is 7. The van der Waals surface area contributed by atoms with Crippen molar-refractivity contribution in [1.29, 1.82) is 0 Å². The van der Waals surface area contributed by atoms with Crippen LogP contribution in [0.3, 0.4) is 0 Å². The van der Waals surface area contributed by atoms with E-state index in [0.29, 0.717) is 0 Å². The van der Waals surface area contributed by atoms with Crippen molar-refractivity contribution in [1.82, 2.24) is 16.0 Å². The molecular weight excluding hydrogens is 414 g/mol. The second-order valence-electron chi connectivity index (χ2n) is 7.78. The van der Waals surface area contributed by atoms with Gasteiger partial charge in [0.2, 0.25) is 23.6 Å². The first-order valence-electron chi connectivity index (χ1n) is 9.58. The van der Waals surface area contributed by atoms with E-state index in [4.69, 9.17) is 11.5 Å². The number of carbonyl (C=O) groups is 5. The molecule has 0 aliphatic rings. The van der Waals surface area contributed by atoms with Crippen molar-refractivity contribution in [2.75, 3.05) is 5.75 Å². The van der Waals surface area contributed by atoms with Gasteiger partial charge in [-0.2, -0.15) is 12.6 Å². The van der Waals surface area contributed by atoms with Crippen LogP contribution in [0.2, 0.25) is 0 Å². The molecule has 0 aromatic heterocycles. The lowest BCUT2D eigenvalue weighted by atomic mass is 10.00. The molecule has 4 amide bonds. The summed E-state index contributed by atoms with van der Waals surface area (Å²) in [6.07, 6.45) is -0.300. The monoisotopic (exact) mass is 447 g/mol. The van der Waals surface area contributed by atoms with Crippen LogP contribution in [0.5, 0.6) is 0 Å². The molecule has 0 radical (unpaired) electrons. The number of nitrogens with one attached hydrogen (secondary N) is 3. The summed E-state index contributed by atoms with van der Waals surface area (Å²) in [5.74, 6) is -4.64. The van der Waals surface area contributed by atoms with Crippen molar-refractivity contribution in [2.24, 2.45) is 23.3 Å². The maximum Gasteiger partial charge on any atom is 0.326 e. The molecule has 30 heavy (non-hydrogen) atoms. The Balaban J connectivity index is 5.48. The molecule has 0 heterocycles. The molecule has 0 aromatic rings. The van der Waals surface area contributed by atoms with Crippen LogP contribution < -0.4 is 27.4 Å². The molecule has 0 fully saturated rings. The van der Waals surface area contributed by atoms with E-state index in [1.54, 1.807) is 13.8 Å². The Kier molecular flexibility index (Phi) is 12.0. The zero-order chi connectivity index (χ0) is 23.6. The molecule has 0 bridgehead atoms. The summed E-state index contributed by atoms with van der Waals surface area (Å²) in [4.78, 5) is 60.0. The fraction of sp³-hybridized carbons (Fsp3) is 0.722. The van der Waals surface area contributed by atoms with E-state index in [2.05, 4.69) is 28.6 Å². The van der Waals surface area contributed by atoms with Gasteiger partial charge in [-0.05, 0) is 18.3 Å². The molecule has 0 aromatic carbocycles. The van der Waals surface area contributed by atoms with Crippen LogP contribution in [-0.4, -0.2) is 64.6 Å². The molecule has 0 rings (SSSR count). The number of hydrogen-bond acceptors (Lipinski definition) is 7. The highest BCUT2D eigenvalue weighted by atomic mass is 32.1. The quantitative estimate of drug-likeness (QED) is 0.164. The van der Waals surface area contributed by atoms with Crippen molar-refractivity contribution >= 4 is 42.2 Å². The summed E-state index contributed by atoms with van der Waals surface area (Å²) in [5.41, 5.74) is 10.7. The Labute approximate surface area is 181 Å². The molecule has 0 saturated carbocycles. The first kappa shape index (κ1) is 27.7. The lowest BCUT2D eigenvalue weighted by Gasteiger charge is -2.26. The van der Waals surface area contributed by atoms with E-state index in [1.807, 2.05) is 13.8 Å². The van der Waals surface area contributed by atoms with Gasteiger partial charge in [0.05, 0.1) is 12.5 Å². The number of rotatable bonds is 13. The zero-order valence-corrected chi connectivity index (χ0v) is 18.6. The number of carbonyl (C=O) groups excluding carboxylic acids is 4. The minimum atomic E-state index is -1.34. The third kappa shape index (κ3) is 9.92. The molecule has 0 saturated heterocycles. The Morgan fingerprint density at radius 2 is 1.40 bits per heavy atom. The maximum absolute atomic E-state index is 12.7.